The van der Waals surface area contributed by atoms with Crippen LogP contribution in [0.2, 0.25) is 0 Å². The summed E-state index contributed by atoms with van der Waals surface area (Å²) in [6.07, 6.45) is -5.08. The van der Waals surface area contributed by atoms with Crippen LogP contribution < -0.4 is 10.2 Å². The van der Waals surface area contributed by atoms with Crippen molar-refractivity contribution in [2.24, 2.45) is 0 Å². The molecule has 7 heteroatoms. The number of aliphatic carboxylic acids is 1. The van der Waals surface area contributed by atoms with Gasteiger partial charge in [-0.1, -0.05) is 18.2 Å². The maximum atomic E-state index is 10.6. The van der Waals surface area contributed by atoms with Crippen molar-refractivity contribution in [3.63, 3.8) is 0 Å². The number of nitrogens with one attached hydrogen (secondary N) is 1. The summed E-state index contributed by atoms with van der Waals surface area (Å²) in [5, 5.41) is 10.5. The standard InChI is InChI=1S/C12H18N2.C2HF3O2/c1-10-4-3-5-11(2)12(10)14-8-6-13-7-9-14;3-2(4,5)1(6)7/h3-5,13H,6-9H2,1-2H3;(H,6,7). The van der Waals surface area contributed by atoms with Gasteiger partial charge in [-0.2, -0.15) is 13.2 Å². The Morgan fingerprint density at radius 2 is 1.62 bits per heavy atom. The first-order valence-electron chi connectivity index (χ1n) is 6.55. The molecule has 4 nitrogen and oxygen atoms in total. The molecule has 0 unspecified atom stereocenters. The fraction of sp³-hybridized carbons (Fsp3) is 0.500. The number of piperazine rings is 1. The predicted molar refractivity (Wildman–Crippen MR) is 74.7 cm³/mol. The molecule has 1 aliphatic heterocycles. The second kappa shape index (κ2) is 7.31. The number of para-hydroxylation sites is 1. The molecule has 1 saturated heterocycles. The molecule has 0 spiro atoms. The van der Waals surface area contributed by atoms with E-state index >= 15 is 0 Å². The number of carboxylic acid groups (broad SMARTS) is 1. The molecule has 1 fully saturated rings. The van der Waals surface area contributed by atoms with E-state index in [0.29, 0.717) is 0 Å². The predicted octanol–water partition coefficient (Wildman–Crippen LogP) is 2.35. The highest BCUT2D eigenvalue weighted by atomic mass is 19.4. The summed E-state index contributed by atoms with van der Waals surface area (Å²) in [6, 6.07) is 6.53. The summed E-state index contributed by atoms with van der Waals surface area (Å²) in [5.41, 5.74) is 4.23. The lowest BCUT2D eigenvalue weighted by Crippen LogP contribution is -2.44. The zero-order chi connectivity index (χ0) is 16.0. The molecule has 2 N–H and O–H groups in total. The summed E-state index contributed by atoms with van der Waals surface area (Å²) in [4.78, 5) is 11.4. The number of hydrogen-bond acceptors (Lipinski definition) is 3. The Hall–Kier alpha value is -1.76. The van der Waals surface area contributed by atoms with Crippen molar-refractivity contribution >= 4 is 11.7 Å². The van der Waals surface area contributed by atoms with Gasteiger partial charge < -0.3 is 15.3 Å². The number of alkyl halides is 3. The maximum Gasteiger partial charge on any atom is 0.490 e. The number of carbonyl (C=O) groups is 1. The van der Waals surface area contributed by atoms with Crippen LogP contribution in [-0.4, -0.2) is 43.4 Å². The fourth-order valence-electron chi connectivity index (χ4n) is 2.19. The van der Waals surface area contributed by atoms with E-state index in [2.05, 4.69) is 42.3 Å². The van der Waals surface area contributed by atoms with Gasteiger partial charge in [-0.15, -0.1) is 0 Å². The highest BCUT2D eigenvalue weighted by Crippen LogP contribution is 2.24. The number of nitrogens with zero attached hydrogens (tertiary/aromatic N) is 1. The molecule has 118 valence electrons. The van der Waals surface area contributed by atoms with Gasteiger partial charge in [0.1, 0.15) is 0 Å². The molecule has 0 radical (unpaired) electrons. The summed E-state index contributed by atoms with van der Waals surface area (Å²) in [7, 11) is 0. The second-order valence-corrected chi connectivity index (χ2v) is 4.78. The largest absolute Gasteiger partial charge is 0.490 e. The van der Waals surface area contributed by atoms with Crippen LogP contribution in [0.15, 0.2) is 18.2 Å². The molecular weight excluding hydrogens is 285 g/mol. The smallest absolute Gasteiger partial charge is 0.475 e. The van der Waals surface area contributed by atoms with Crippen molar-refractivity contribution < 1.29 is 23.1 Å². The molecule has 2 rings (SSSR count). The highest BCUT2D eigenvalue weighted by Gasteiger charge is 2.38. The molecule has 0 atom stereocenters. The summed E-state index contributed by atoms with van der Waals surface area (Å²) < 4.78 is 31.7. The highest BCUT2D eigenvalue weighted by molar-refractivity contribution is 5.73. The number of halogens is 3. The monoisotopic (exact) mass is 304 g/mol. The van der Waals surface area contributed by atoms with Gasteiger partial charge in [0, 0.05) is 31.9 Å². The van der Waals surface area contributed by atoms with E-state index in [1.54, 1.807) is 0 Å². The Bertz CT molecular complexity index is 463. The third-order valence-corrected chi connectivity index (χ3v) is 3.12. The van der Waals surface area contributed by atoms with Crippen LogP contribution in [0, 0.1) is 13.8 Å². The van der Waals surface area contributed by atoms with E-state index in [4.69, 9.17) is 9.90 Å². The first kappa shape index (κ1) is 17.3. The van der Waals surface area contributed by atoms with Crippen LogP contribution in [0.3, 0.4) is 0 Å². The van der Waals surface area contributed by atoms with Crippen molar-refractivity contribution in [2.45, 2.75) is 20.0 Å². The number of rotatable bonds is 1. The van der Waals surface area contributed by atoms with Gasteiger partial charge in [-0.25, -0.2) is 4.79 Å². The molecular formula is C14H19F3N2O2. The molecule has 0 bridgehead atoms. The van der Waals surface area contributed by atoms with E-state index in [0.717, 1.165) is 26.2 Å². The van der Waals surface area contributed by atoms with Gasteiger partial charge in [-0.3, -0.25) is 0 Å². The molecule has 1 aromatic carbocycles. The first-order valence-corrected chi connectivity index (χ1v) is 6.55. The van der Waals surface area contributed by atoms with Gasteiger partial charge in [0.2, 0.25) is 0 Å². The zero-order valence-corrected chi connectivity index (χ0v) is 12.0. The third-order valence-electron chi connectivity index (χ3n) is 3.12. The number of anilines is 1. The molecule has 21 heavy (non-hydrogen) atoms. The Morgan fingerprint density at radius 3 is 2.00 bits per heavy atom. The quantitative estimate of drug-likeness (QED) is 0.836. The average molecular weight is 304 g/mol. The van der Waals surface area contributed by atoms with Crippen LogP contribution in [-0.2, 0) is 4.79 Å². The van der Waals surface area contributed by atoms with Gasteiger partial charge in [0.25, 0.3) is 0 Å². The van der Waals surface area contributed by atoms with Gasteiger partial charge in [-0.05, 0) is 25.0 Å². The number of benzene rings is 1. The van der Waals surface area contributed by atoms with Crippen molar-refractivity contribution in [3.8, 4) is 0 Å². The van der Waals surface area contributed by atoms with Crippen LogP contribution in [0.5, 0.6) is 0 Å². The lowest BCUT2D eigenvalue weighted by molar-refractivity contribution is -0.192. The number of carboxylic acids is 1. The summed E-state index contributed by atoms with van der Waals surface area (Å²) >= 11 is 0. The van der Waals surface area contributed by atoms with E-state index in [1.807, 2.05) is 0 Å². The molecule has 0 aliphatic carbocycles. The van der Waals surface area contributed by atoms with E-state index < -0.39 is 12.1 Å². The molecule has 0 aromatic heterocycles. The molecule has 1 aliphatic rings. The minimum Gasteiger partial charge on any atom is -0.475 e. The Morgan fingerprint density at radius 1 is 1.19 bits per heavy atom. The second-order valence-electron chi connectivity index (χ2n) is 4.78. The minimum atomic E-state index is -5.08. The van der Waals surface area contributed by atoms with Crippen molar-refractivity contribution in [3.05, 3.63) is 29.3 Å². The average Bonchev–Trinajstić information content (AvgIpc) is 2.39. The normalized spacial score (nSPS) is 15.2. The van der Waals surface area contributed by atoms with Crippen LogP contribution in [0.4, 0.5) is 18.9 Å². The molecule has 1 aromatic rings. The van der Waals surface area contributed by atoms with Gasteiger partial charge in [0.05, 0.1) is 0 Å². The van der Waals surface area contributed by atoms with Crippen molar-refractivity contribution in [1.29, 1.82) is 0 Å². The van der Waals surface area contributed by atoms with Gasteiger partial charge in [0.15, 0.2) is 0 Å². The van der Waals surface area contributed by atoms with E-state index in [-0.39, 0.29) is 0 Å². The topological polar surface area (TPSA) is 52.6 Å². The van der Waals surface area contributed by atoms with Crippen LogP contribution in [0.1, 0.15) is 11.1 Å². The maximum absolute atomic E-state index is 10.6. The zero-order valence-electron chi connectivity index (χ0n) is 12.0. The minimum absolute atomic E-state index is 1.10. The van der Waals surface area contributed by atoms with Crippen LogP contribution >= 0.6 is 0 Å². The van der Waals surface area contributed by atoms with Crippen LogP contribution in [0.25, 0.3) is 0 Å². The first-order chi connectivity index (χ1) is 9.73. The lowest BCUT2D eigenvalue weighted by Gasteiger charge is -2.32. The lowest BCUT2D eigenvalue weighted by atomic mass is 10.1. The van der Waals surface area contributed by atoms with Crippen molar-refractivity contribution in [2.75, 3.05) is 31.1 Å². The Balaban J connectivity index is 0.000000270. The molecule has 0 amide bonds. The fourth-order valence-corrected chi connectivity index (χ4v) is 2.19. The molecule has 1 heterocycles. The Labute approximate surface area is 121 Å². The van der Waals surface area contributed by atoms with Crippen molar-refractivity contribution in [1.82, 2.24) is 5.32 Å². The van der Waals surface area contributed by atoms with Gasteiger partial charge >= 0.3 is 12.1 Å². The molecule has 0 saturated carbocycles. The third kappa shape index (κ3) is 5.26. The summed E-state index contributed by atoms with van der Waals surface area (Å²) in [5.74, 6) is -2.76. The Kier molecular flexibility index (Phi) is 6.02. The summed E-state index contributed by atoms with van der Waals surface area (Å²) in [6.45, 7) is 8.87. The van der Waals surface area contributed by atoms with E-state index in [9.17, 15) is 13.2 Å². The number of aryl methyl sites for hydroxylation is 2. The SMILES string of the molecule is Cc1cccc(C)c1N1CCNCC1.O=C(O)C(F)(F)F. The van der Waals surface area contributed by atoms with E-state index in [1.165, 1.54) is 16.8 Å². The number of hydrogen-bond donors (Lipinski definition) is 2.